The van der Waals surface area contributed by atoms with Crippen LogP contribution in [0.25, 0.3) is 0 Å². The first kappa shape index (κ1) is 13.6. The van der Waals surface area contributed by atoms with Crippen molar-refractivity contribution >= 4 is 11.8 Å². The topological polar surface area (TPSA) is 37.4 Å². The highest BCUT2D eigenvalue weighted by atomic mass is 16.2. The van der Waals surface area contributed by atoms with Gasteiger partial charge in [-0.1, -0.05) is 39.3 Å². The van der Waals surface area contributed by atoms with Crippen molar-refractivity contribution in [2.24, 2.45) is 0 Å². The number of rotatable bonds is 7. The van der Waals surface area contributed by atoms with Crippen molar-refractivity contribution in [1.29, 1.82) is 0 Å². The van der Waals surface area contributed by atoms with E-state index in [-0.39, 0.29) is 11.8 Å². The monoisotopic (exact) mass is 209 g/mol. The van der Waals surface area contributed by atoms with E-state index >= 15 is 0 Å². The van der Waals surface area contributed by atoms with Crippen LogP contribution in [-0.4, -0.2) is 23.3 Å². The fraction of sp³-hybridized carbons (Fsp3) is 0.500. The molecule has 84 valence electrons. The fourth-order valence-electron chi connectivity index (χ4n) is 1.25. The van der Waals surface area contributed by atoms with Crippen LogP contribution in [0, 0.1) is 0 Å². The molecular formula is C12H19NO2. The first-order valence-electron chi connectivity index (χ1n) is 5.27. The second kappa shape index (κ2) is 7.97. The SMILES string of the molecule is C=CC(=O)N(CCCCCC)C(=O)C=C. The van der Waals surface area contributed by atoms with E-state index in [1.165, 1.54) is 4.90 Å². The van der Waals surface area contributed by atoms with Crippen LogP contribution in [0.15, 0.2) is 25.3 Å². The predicted octanol–water partition coefficient (Wildman–Crippen LogP) is 2.29. The zero-order chi connectivity index (χ0) is 11.7. The number of amides is 2. The normalized spacial score (nSPS) is 9.40. The van der Waals surface area contributed by atoms with Crippen molar-refractivity contribution in [2.75, 3.05) is 6.54 Å². The second-order valence-corrected chi connectivity index (χ2v) is 3.30. The van der Waals surface area contributed by atoms with Crippen LogP contribution in [-0.2, 0) is 9.59 Å². The van der Waals surface area contributed by atoms with Gasteiger partial charge in [-0.05, 0) is 18.6 Å². The molecule has 0 unspecified atom stereocenters. The number of hydrogen-bond donors (Lipinski definition) is 0. The Morgan fingerprint density at radius 2 is 1.60 bits per heavy atom. The Hall–Kier alpha value is -1.38. The van der Waals surface area contributed by atoms with Crippen LogP contribution >= 0.6 is 0 Å². The van der Waals surface area contributed by atoms with Gasteiger partial charge in [0.2, 0.25) is 0 Å². The first-order chi connectivity index (χ1) is 7.17. The second-order valence-electron chi connectivity index (χ2n) is 3.30. The summed E-state index contributed by atoms with van der Waals surface area (Å²) in [6.07, 6.45) is 6.43. The van der Waals surface area contributed by atoms with Gasteiger partial charge in [-0.3, -0.25) is 14.5 Å². The molecule has 0 aliphatic rings. The molecule has 0 spiro atoms. The van der Waals surface area contributed by atoms with Gasteiger partial charge < -0.3 is 0 Å². The highest BCUT2D eigenvalue weighted by Crippen LogP contribution is 2.03. The Bertz CT molecular complexity index is 226. The van der Waals surface area contributed by atoms with Crippen LogP contribution in [0.5, 0.6) is 0 Å². The summed E-state index contributed by atoms with van der Waals surface area (Å²) in [4.78, 5) is 23.8. The molecule has 0 heterocycles. The quantitative estimate of drug-likeness (QED) is 0.476. The third kappa shape index (κ3) is 5.15. The van der Waals surface area contributed by atoms with E-state index < -0.39 is 0 Å². The molecule has 0 bridgehead atoms. The number of hydrogen-bond acceptors (Lipinski definition) is 2. The number of nitrogens with zero attached hydrogens (tertiary/aromatic N) is 1. The fourth-order valence-corrected chi connectivity index (χ4v) is 1.25. The average molecular weight is 209 g/mol. The van der Waals surface area contributed by atoms with Crippen molar-refractivity contribution in [2.45, 2.75) is 32.6 Å². The van der Waals surface area contributed by atoms with E-state index in [0.29, 0.717) is 6.54 Å². The van der Waals surface area contributed by atoms with E-state index in [0.717, 1.165) is 37.8 Å². The van der Waals surface area contributed by atoms with E-state index in [1.807, 2.05) is 0 Å². The minimum atomic E-state index is -0.351. The molecule has 15 heavy (non-hydrogen) atoms. The van der Waals surface area contributed by atoms with Gasteiger partial charge in [0.1, 0.15) is 0 Å². The highest BCUT2D eigenvalue weighted by Gasteiger charge is 2.15. The Balaban J connectivity index is 4.13. The molecule has 3 nitrogen and oxygen atoms in total. The van der Waals surface area contributed by atoms with Crippen molar-refractivity contribution in [3.05, 3.63) is 25.3 Å². The van der Waals surface area contributed by atoms with Crippen LogP contribution in [0.3, 0.4) is 0 Å². The number of carbonyl (C=O) groups is 2. The largest absolute Gasteiger partial charge is 0.275 e. The lowest BCUT2D eigenvalue weighted by atomic mass is 10.2. The van der Waals surface area contributed by atoms with Gasteiger partial charge in [-0.2, -0.15) is 0 Å². The summed E-state index contributed by atoms with van der Waals surface area (Å²) in [5.41, 5.74) is 0. The standard InChI is InChI=1S/C12H19NO2/c1-4-7-8-9-10-13(11(14)5-2)12(15)6-3/h5-6H,2-4,7-10H2,1H3. The molecular weight excluding hydrogens is 190 g/mol. The summed E-state index contributed by atoms with van der Waals surface area (Å²) in [5.74, 6) is -0.701. The molecule has 0 aliphatic heterocycles. The summed E-state index contributed by atoms with van der Waals surface area (Å²) in [5, 5.41) is 0. The molecule has 0 saturated carbocycles. The van der Waals surface area contributed by atoms with Crippen molar-refractivity contribution in [3.63, 3.8) is 0 Å². The van der Waals surface area contributed by atoms with Gasteiger partial charge in [-0.15, -0.1) is 0 Å². The summed E-state index contributed by atoms with van der Waals surface area (Å²) < 4.78 is 0. The number of unbranched alkanes of at least 4 members (excludes halogenated alkanes) is 3. The summed E-state index contributed by atoms with van der Waals surface area (Å²) in [6, 6.07) is 0. The van der Waals surface area contributed by atoms with Gasteiger partial charge in [0.15, 0.2) is 0 Å². The smallest absolute Gasteiger partial charge is 0.252 e. The number of imide groups is 1. The molecule has 0 aliphatic carbocycles. The molecule has 0 saturated heterocycles. The highest BCUT2D eigenvalue weighted by molar-refractivity contribution is 6.04. The van der Waals surface area contributed by atoms with Gasteiger partial charge in [0.25, 0.3) is 11.8 Å². The molecule has 3 heteroatoms. The summed E-state index contributed by atoms with van der Waals surface area (Å²) in [7, 11) is 0. The molecule has 0 rings (SSSR count). The minimum Gasteiger partial charge on any atom is -0.275 e. The van der Waals surface area contributed by atoms with Gasteiger partial charge in [0.05, 0.1) is 0 Å². The van der Waals surface area contributed by atoms with Gasteiger partial charge >= 0.3 is 0 Å². The Kier molecular flexibility index (Phi) is 7.24. The number of carbonyl (C=O) groups excluding carboxylic acids is 2. The lowest BCUT2D eigenvalue weighted by molar-refractivity contribution is -0.138. The van der Waals surface area contributed by atoms with Crippen LogP contribution in [0.4, 0.5) is 0 Å². The predicted molar refractivity (Wildman–Crippen MR) is 61.3 cm³/mol. The Labute approximate surface area is 91.5 Å². The van der Waals surface area contributed by atoms with Crippen molar-refractivity contribution in [1.82, 2.24) is 4.90 Å². The minimum absolute atomic E-state index is 0.351. The van der Waals surface area contributed by atoms with Crippen molar-refractivity contribution in [3.8, 4) is 0 Å². The zero-order valence-electron chi connectivity index (χ0n) is 9.37. The maximum atomic E-state index is 11.3. The van der Waals surface area contributed by atoms with Crippen molar-refractivity contribution < 1.29 is 9.59 Å². The van der Waals surface area contributed by atoms with E-state index in [1.54, 1.807) is 0 Å². The molecule has 0 aromatic carbocycles. The van der Waals surface area contributed by atoms with Gasteiger partial charge in [-0.25, -0.2) is 0 Å². The van der Waals surface area contributed by atoms with E-state index in [2.05, 4.69) is 20.1 Å². The zero-order valence-corrected chi connectivity index (χ0v) is 9.37. The molecule has 0 atom stereocenters. The summed E-state index contributed by atoms with van der Waals surface area (Å²) in [6.45, 7) is 9.30. The summed E-state index contributed by atoms with van der Waals surface area (Å²) >= 11 is 0. The van der Waals surface area contributed by atoms with Gasteiger partial charge in [0, 0.05) is 6.54 Å². The van der Waals surface area contributed by atoms with Crippen LogP contribution < -0.4 is 0 Å². The average Bonchev–Trinajstić information content (AvgIpc) is 2.27. The molecule has 0 aromatic heterocycles. The first-order valence-corrected chi connectivity index (χ1v) is 5.27. The third-order valence-corrected chi connectivity index (χ3v) is 2.12. The maximum Gasteiger partial charge on any atom is 0.252 e. The Morgan fingerprint density at radius 1 is 1.07 bits per heavy atom. The Morgan fingerprint density at radius 3 is 2.00 bits per heavy atom. The van der Waals surface area contributed by atoms with Crippen LogP contribution in [0.1, 0.15) is 32.6 Å². The molecule has 0 radical (unpaired) electrons. The molecule has 0 aromatic rings. The maximum absolute atomic E-state index is 11.3. The third-order valence-electron chi connectivity index (χ3n) is 2.12. The van der Waals surface area contributed by atoms with E-state index in [9.17, 15) is 9.59 Å². The molecule has 2 amide bonds. The molecule has 0 N–H and O–H groups in total. The van der Waals surface area contributed by atoms with E-state index in [4.69, 9.17) is 0 Å². The molecule has 0 fully saturated rings. The lowest BCUT2D eigenvalue weighted by Crippen LogP contribution is -2.35. The lowest BCUT2D eigenvalue weighted by Gasteiger charge is -2.16. The van der Waals surface area contributed by atoms with Crippen LogP contribution in [0.2, 0.25) is 0 Å².